The monoisotopic (exact) mass is 437 g/mol. The number of benzene rings is 1. The Labute approximate surface area is 182 Å². The van der Waals surface area contributed by atoms with Gasteiger partial charge in [-0.25, -0.2) is 9.37 Å². The van der Waals surface area contributed by atoms with Gasteiger partial charge in [-0.15, -0.1) is 0 Å². The van der Waals surface area contributed by atoms with Gasteiger partial charge in [0.15, 0.2) is 0 Å². The number of halogens is 1. The molecule has 32 heavy (non-hydrogen) atoms. The quantitative estimate of drug-likeness (QED) is 0.601. The first-order valence-electron chi connectivity index (χ1n) is 9.96. The minimum atomic E-state index is -1.11. The highest BCUT2D eigenvalue weighted by molar-refractivity contribution is 5.90. The minimum Gasteiger partial charge on any atom is -0.480 e. The number of aliphatic carboxylic acids is 2. The van der Waals surface area contributed by atoms with Crippen LogP contribution in [0.2, 0.25) is 0 Å². The fourth-order valence-electron chi connectivity index (χ4n) is 4.20. The molecular weight excluding hydrogens is 417 g/mol. The summed E-state index contributed by atoms with van der Waals surface area (Å²) in [6, 6.07) is 8.40. The standard InChI is InChI=1S/C22H20FN5O4/c23-15-3-4-16-17(12-28(13-19(29)30)18(16)10-15)20(22(31)32)26-6-8-27(9-7-26)21-14(11-24)2-1-5-25-21/h1-5,10,12,20H,6-9,13H2,(H,29,30)(H,31,32)/t20-/m1/s1. The second-order valence-electron chi connectivity index (χ2n) is 7.52. The Hall–Kier alpha value is -3.97. The highest BCUT2D eigenvalue weighted by Gasteiger charge is 2.33. The number of aromatic nitrogens is 2. The third-order valence-electron chi connectivity index (χ3n) is 5.60. The maximum atomic E-state index is 13.8. The predicted octanol–water partition coefficient (Wildman–Crippen LogP) is 2.08. The molecule has 10 heteroatoms. The van der Waals surface area contributed by atoms with Crippen molar-refractivity contribution in [1.29, 1.82) is 5.26 Å². The van der Waals surface area contributed by atoms with Crippen LogP contribution in [0.15, 0.2) is 42.7 Å². The molecule has 0 spiro atoms. The number of hydrogen-bond donors (Lipinski definition) is 2. The van der Waals surface area contributed by atoms with Crippen LogP contribution in [0.4, 0.5) is 10.2 Å². The van der Waals surface area contributed by atoms with Gasteiger partial charge in [0, 0.05) is 49.5 Å². The number of carboxylic acid groups (broad SMARTS) is 2. The second kappa shape index (κ2) is 8.64. The lowest BCUT2D eigenvalue weighted by Gasteiger charge is -2.38. The van der Waals surface area contributed by atoms with Gasteiger partial charge in [0.1, 0.15) is 30.3 Å². The van der Waals surface area contributed by atoms with E-state index in [-0.39, 0.29) is 0 Å². The van der Waals surface area contributed by atoms with E-state index in [9.17, 15) is 29.5 Å². The van der Waals surface area contributed by atoms with E-state index in [0.29, 0.717) is 54.0 Å². The Kier molecular flexibility index (Phi) is 5.75. The Bertz CT molecular complexity index is 1230. The van der Waals surface area contributed by atoms with Gasteiger partial charge in [0.25, 0.3) is 0 Å². The molecule has 9 nitrogen and oxygen atoms in total. The van der Waals surface area contributed by atoms with Crippen molar-refractivity contribution in [1.82, 2.24) is 14.5 Å². The molecule has 2 N–H and O–H groups in total. The normalized spacial score (nSPS) is 15.4. The molecule has 0 aliphatic carbocycles. The van der Waals surface area contributed by atoms with Crippen molar-refractivity contribution in [3.05, 3.63) is 59.7 Å². The molecule has 1 aliphatic heterocycles. The van der Waals surface area contributed by atoms with E-state index in [1.165, 1.54) is 29.0 Å². The van der Waals surface area contributed by atoms with E-state index in [1.54, 1.807) is 23.2 Å². The number of fused-ring (bicyclic) bond motifs is 1. The molecular formula is C22H20FN5O4. The van der Waals surface area contributed by atoms with Crippen LogP contribution in [0.3, 0.4) is 0 Å². The third-order valence-corrected chi connectivity index (χ3v) is 5.60. The van der Waals surface area contributed by atoms with Gasteiger partial charge in [0.2, 0.25) is 0 Å². The number of nitriles is 1. The molecule has 0 radical (unpaired) electrons. The van der Waals surface area contributed by atoms with E-state index in [2.05, 4.69) is 11.1 Å². The van der Waals surface area contributed by atoms with Gasteiger partial charge < -0.3 is 19.7 Å². The average molecular weight is 437 g/mol. The smallest absolute Gasteiger partial charge is 0.325 e. The summed E-state index contributed by atoms with van der Waals surface area (Å²) in [4.78, 5) is 31.6. The Morgan fingerprint density at radius 1 is 1.19 bits per heavy atom. The largest absolute Gasteiger partial charge is 0.480 e. The molecule has 1 aliphatic rings. The van der Waals surface area contributed by atoms with E-state index in [4.69, 9.17) is 0 Å². The maximum absolute atomic E-state index is 13.8. The Morgan fingerprint density at radius 2 is 1.94 bits per heavy atom. The van der Waals surface area contributed by atoms with Crippen molar-refractivity contribution in [2.45, 2.75) is 12.6 Å². The van der Waals surface area contributed by atoms with Gasteiger partial charge in [-0.3, -0.25) is 14.5 Å². The third kappa shape index (κ3) is 3.98. The molecule has 0 amide bonds. The van der Waals surface area contributed by atoms with E-state index in [1.807, 2.05) is 4.90 Å². The van der Waals surface area contributed by atoms with Crippen LogP contribution in [-0.2, 0) is 16.1 Å². The Morgan fingerprint density at radius 3 is 2.59 bits per heavy atom. The summed E-state index contributed by atoms with van der Waals surface area (Å²) in [5, 5.41) is 29.1. The van der Waals surface area contributed by atoms with Crippen LogP contribution in [0.1, 0.15) is 17.2 Å². The van der Waals surface area contributed by atoms with Crippen molar-refractivity contribution in [2.24, 2.45) is 0 Å². The van der Waals surface area contributed by atoms with Crippen LogP contribution in [-0.4, -0.2) is 62.8 Å². The Balaban J connectivity index is 1.64. The van der Waals surface area contributed by atoms with Gasteiger partial charge in [-0.1, -0.05) is 0 Å². The average Bonchev–Trinajstić information content (AvgIpc) is 3.10. The summed E-state index contributed by atoms with van der Waals surface area (Å²) in [6.45, 7) is 1.32. The molecule has 1 atom stereocenters. The number of nitrogens with zero attached hydrogens (tertiary/aromatic N) is 5. The lowest BCUT2D eigenvalue weighted by atomic mass is 10.0. The zero-order chi connectivity index (χ0) is 22.8. The van der Waals surface area contributed by atoms with E-state index in [0.717, 1.165) is 0 Å². The second-order valence-corrected chi connectivity index (χ2v) is 7.52. The SMILES string of the molecule is N#Cc1cccnc1N1CCN([C@@H](C(=O)O)c2cn(CC(=O)O)c3cc(F)ccc23)CC1. The zero-order valence-electron chi connectivity index (χ0n) is 17.0. The number of anilines is 1. The van der Waals surface area contributed by atoms with Crippen molar-refractivity contribution < 1.29 is 24.2 Å². The summed E-state index contributed by atoms with van der Waals surface area (Å²) in [6.07, 6.45) is 3.09. The van der Waals surface area contributed by atoms with Crippen molar-refractivity contribution >= 4 is 28.7 Å². The zero-order valence-corrected chi connectivity index (χ0v) is 17.0. The van der Waals surface area contributed by atoms with E-state index < -0.39 is 30.3 Å². The molecule has 0 bridgehead atoms. The van der Waals surface area contributed by atoms with Crippen LogP contribution < -0.4 is 4.90 Å². The minimum absolute atomic E-state index is 0.333. The molecule has 3 aromatic rings. The van der Waals surface area contributed by atoms with Crippen LogP contribution in [0.25, 0.3) is 10.9 Å². The predicted molar refractivity (Wildman–Crippen MR) is 113 cm³/mol. The van der Waals surface area contributed by atoms with Crippen LogP contribution in [0, 0.1) is 17.1 Å². The fourth-order valence-corrected chi connectivity index (χ4v) is 4.20. The highest BCUT2D eigenvalue weighted by Crippen LogP contribution is 2.32. The number of carbonyl (C=O) groups is 2. The molecule has 1 fully saturated rings. The number of rotatable bonds is 6. The molecule has 1 saturated heterocycles. The first-order valence-corrected chi connectivity index (χ1v) is 9.96. The lowest BCUT2D eigenvalue weighted by Crippen LogP contribution is -2.49. The molecule has 164 valence electrons. The summed E-state index contributed by atoms with van der Waals surface area (Å²) < 4.78 is 15.2. The molecule has 0 saturated carbocycles. The molecule has 1 aromatic carbocycles. The highest BCUT2D eigenvalue weighted by atomic mass is 19.1. The molecule has 3 heterocycles. The van der Waals surface area contributed by atoms with Gasteiger partial charge in [-0.2, -0.15) is 5.26 Å². The first kappa shape index (κ1) is 21.3. The summed E-state index contributed by atoms with van der Waals surface area (Å²) in [5.74, 6) is -2.15. The van der Waals surface area contributed by atoms with Crippen molar-refractivity contribution in [3.63, 3.8) is 0 Å². The fraction of sp³-hybridized carbons (Fsp3) is 0.273. The molecule has 2 aromatic heterocycles. The van der Waals surface area contributed by atoms with Crippen LogP contribution in [0.5, 0.6) is 0 Å². The van der Waals surface area contributed by atoms with E-state index >= 15 is 0 Å². The van der Waals surface area contributed by atoms with Crippen LogP contribution >= 0.6 is 0 Å². The summed E-state index contributed by atoms with van der Waals surface area (Å²) in [7, 11) is 0. The molecule has 4 rings (SSSR count). The first-order chi connectivity index (χ1) is 15.4. The topological polar surface area (TPSA) is 123 Å². The number of pyridine rings is 1. The number of carboxylic acids is 2. The van der Waals surface area contributed by atoms with Crippen molar-refractivity contribution in [2.75, 3.05) is 31.1 Å². The van der Waals surface area contributed by atoms with Gasteiger partial charge >= 0.3 is 11.9 Å². The van der Waals surface area contributed by atoms with Gasteiger partial charge in [0.05, 0.1) is 11.1 Å². The van der Waals surface area contributed by atoms with Gasteiger partial charge in [-0.05, 0) is 30.3 Å². The summed E-state index contributed by atoms with van der Waals surface area (Å²) >= 11 is 0. The lowest BCUT2D eigenvalue weighted by molar-refractivity contribution is -0.143. The summed E-state index contributed by atoms with van der Waals surface area (Å²) in [5.41, 5.74) is 1.20. The van der Waals surface area contributed by atoms with Crippen molar-refractivity contribution in [3.8, 4) is 6.07 Å². The maximum Gasteiger partial charge on any atom is 0.325 e. The molecule has 0 unspecified atom stereocenters. The number of hydrogen-bond acceptors (Lipinski definition) is 6. The number of piperazine rings is 1.